The SMILES string of the molecule is CCCc1nn(C)c(NCC(C)CCO)c1N. The zero-order valence-corrected chi connectivity index (χ0v) is 11.0. The maximum Gasteiger partial charge on any atom is 0.147 e. The molecule has 5 nitrogen and oxygen atoms in total. The fraction of sp³-hybridized carbons (Fsp3) is 0.750. The predicted molar refractivity (Wildman–Crippen MR) is 71.0 cm³/mol. The van der Waals surface area contributed by atoms with Crippen molar-refractivity contribution in [1.29, 1.82) is 0 Å². The molecule has 1 rings (SSSR count). The Bertz CT molecular complexity index is 349. The van der Waals surface area contributed by atoms with Crippen LogP contribution in [-0.2, 0) is 13.5 Å². The predicted octanol–water partition coefficient (Wildman–Crippen LogP) is 1.39. The number of nitrogens with zero attached hydrogens (tertiary/aromatic N) is 2. The second-order valence-corrected chi connectivity index (χ2v) is 4.58. The minimum Gasteiger partial charge on any atom is -0.396 e. The molecule has 0 amide bonds. The van der Waals surface area contributed by atoms with E-state index in [-0.39, 0.29) is 6.61 Å². The number of nitrogens with one attached hydrogen (secondary N) is 1. The molecule has 0 aromatic carbocycles. The molecule has 0 aliphatic carbocycles. The van der Waals surface area contributed by atoms with E-state index in [1.54, 1.807) is 4.68 Å². The summed E-state index contributed by atoms with van der Waals surface area (Å²) in [5, 5.41) is 16.6. The summed E-state index contributed by atoms with van der Waals surface area (Å²) >= 11 is 0. The molecular weight excluding hydrogens is 216 g/mol. The maximum absolute atomic E-state index is 8.85. The normalized spacial score (nSPS) is 12.7. The molecule has 0 aliphatic heterocycles. The van der Waals surface area contributed by atoms with Gasteiger partial charge in [-0.3, -0.25) is 4.68 Å². The summed E-state index contributed by atoms with van der Waals surface area (Å²) in [4.78, 5) is 0. The molecule has 0 bridgehead atoms. The van der Waals surface area contributed by atoms with Crippen molar-refractivity contribution in [3.8, 4) is 0 Å². The first-order chi connectivity index (χ1) is 8.10. The number of hydrogen-bond acceptors (Lipinski definition) is 4. The second-order valence-electron chi connectivity index (χ2n) is 4.58. The van der Waals surface area contributed by atoms with Crippen molar-refractivity contribution < 1.29 is 5.11 Å². The first kappa shape index (κ1) is 13.8. The number of aryl methyl sites for hydroxylation is 2. The molecule has 4 N–H and O–H groups in total. The summed E-state index contributed by atoms with van der Waals surface area (Å²) < 4.78 is 1.80. The zero-order valence-electron chi connectivity index (χ0n) is 11.0. The topological polar surface area (TPSA) is 76.1 Å². The van der Waals surface area contributed by atoms with Crippen LogP contribution in [-0.4, -0.2) is 28.0 Å². The van der Waals surface area contributed by atoms with Gasteiger partial charge in [-0.15, -0.1) is 0 Å². The van der Waals surface area contributed by atoms with Crippen LogP contribution in [0.4, 0.5) is 11.5 Å². The molecule has 1 aromatic rings. The summed E-state index contributed by atoms with van der Waals surface area (Å²) in [6, 6.07) is 0. The Morgan fingerprint density at radius 3 is 2.82 bits per heavy atom. The van der Waals surface area contributed by atoms with Gasteiger partial charge in [-0.2, -0.15) is 5.10 Å². The van der Waals surface area contributed by atoms with Crippen molar-refractivity contribution in [3.63, 3.8) is 0 Å². The Hall–Kier alpha value is -1.23. The van der Waals surface area contributed by atoms with Crippen molar-refractivity contribution in [2.45, 2.75) is 33.1 Å². The van der Waals surface area contributed by atoms with Crippen LogP contribution in [0.1, 0.15) is 32.4 Å². The number of anilines is 2. The van der Waals surface area contributed by atoms with E-state index in [4.69, 9.17) is 10.8 Å². The molecule has 1 heterocycles. The second kappa shape index (κ2) is 6.49. The van der Waals surface area contributed by atoms with Crippen molar-refractivity contribution in [2.75, 3.05) is 24.2 Å². The van der Waals surface area contributed by atoms with Crippen molar-refractivity contribution in [1.82, 2.24) is 9.78 Å². The number of nitrogens with two attached hydrogens (primary N) is 1. The highest BCUT2D eigenvalue weighted by atomic mass is 16.3. The van der Waals surface area contributed by atoms with Gasteiger partial charge in [0.1, 0.15) is 5.82 Å². The van der Waals surface area contributed by atoms with E-state index in [1.165, 1.54) is 0 Å². The molecule has 0 saturated heterocycles. The number of aliphatic hydroxyl groups excluding tert-OH is 1. The molecule has 1 unspecified atom stereocenters. The van der Waals surface area contributed by atoms with E-state index in [9.17, 15) is 0 Å². The van der Waals surface area contributed by atoms with Crippen LogP contribution in [0, 0.1) is 5.92 Å². The van der Waals surface area contributed by atoms with E-state index in [1.807, 2.05) is 7.05 Å². The Kier molecular flexibility index (Phi) is 5.28. The number of nitrogen functional groups attached to an aromatic ring is 1. The smallest absolute Gasteiger partial charge is 0.147 e. The lowest BCUT2D eigenvalue weighted by atomic mass is 10.1. The Labute approximate surface area is 103 Å². The van der Waals surface area contributed by atoms with Crippen LogP contribution in [0.3, 0.4) is 0 Å². The summed E-state index contributed by atoms with van der Waals surface area (Å²) in [7, 11) is 1.90. The average Bonchev–Trinajstić information content (AvgIpc) is 2.53. The molecular formula is C12H24N4O. The third-order valence-electron chi connectivity index (χ3n) is 2.89. The van der Waals surface area contributed by atoms with Gasteiger partial charge >= 0.3 is 0 Å². The Balaban J connectivity index is 2.64. The largest absolute Gasteiger partial charge is 0.396 e. The summed E-state index contributed by atoms with van der Waals surface area (Å²) in [5.41, 5.74) is 7.78. The molecule has 0 saturated carbocycles. The van der Waals surface area contributed by atoms with Gasteiger partial charge in [-0.1, -0.05) is 20.3 Å². The fourth-order valence-corrected chi connectivity index (χ4v) is 1.82. The molecule has 98 valence electrons. The molecule has 1 aromatic heterocycles. The van der Waals surface area contributed by atoms with E-state index in [0.717, 1.165) is 43.0 Å². The van der Waals surface area contributed by atoms with Gasteiger partial charge in [0, 0.05) is 20.2 Å². The minimum absolute atomic E-state index is 0.227. The lowest BCUT2D eigenvalue weighted by Gasteiger charge is -2.12. The Morgan fingerprint density at radius 2 is 2.24 bits per heavy atom. The molecule has 0 aliphatic rings. The monoisotopic (exact) mass is 240 g/mol. The summed E-state index contributed by atoms with van der Waals surface area (Å²) in [6.07, 6.45) is 2.75. The lowest BCUT2D eigenvalue weighted by molar-refractivity contribution is 0.265. The highest BCUT2D eigenvalue weighted by Crippen LogP contribution is 2.23. The fourth-order valence-electron chi connectivity index (χ4n) is 1.82. The van der Waals surface area contributed by atoms with E-state index in [0.29, 0.717) is 5.92 Å². The van der Waals surface area contributed by atoms with Crippen LogP contribution in [0.25, 0.3) is 0 Å². The highest BCUT2D eigenvalue weighted by molar-refractivity contribution is 5.65. The standard InChI is InChI=1S/C12H24N4O/c1-4-5-10-11(13)12(16(3)15-10)14-8-9(2)6-7-17/h9,14,17H,4-8,13H2,1-3H3. The van der Waals surface area contributed by atoms with Crippen molar-refractivity contribution in [3.05, 3.63) is 5.69 Å². The summed E-state index contributed by atoms with van der Waals surface area (Å²) in [5.74, 6) is 1.31. The van der Waals surface area contributed by atoms with Gasteiger partial charge in [0.25, 0.3) is 0 Å². The van der Waals surface area contributed by atoms with Crippen LogP contribution < -0.4 is 11.1 Å². The van der Waals surface area contributed by atoms with Crippen molar-refractivity contribution in [2.24, 2.45) is 13.0 Å². The third-order valence-corrected chi connectivity index (χ3v) is 2.89. The van der Waals surface area contributed by atoms with Crippen LogP contribution >= 0.6 is 0 Å². The van der Waals surface area contributed by atoms with E-state index >= 15 is 0 Å². The molecule has 5 heteroatoms. The van der Waals surface area contributed by atoms with Crippen LogP contribution in [0.5, 0.6) is 0 Å². The molecule has 0 spiro atoms. The molecule has 0 radical (unpaired) electrons. The average molecular weight is 240 g/mol. The number of aromatic nitrogens is 2. The highest BCUT2D eigenvalue weighted by Gasteiger charge is 2.12. The maximum atomic E-state index is 8.85. The van der Waals surface area contributed by atoms with Gasteiger partial charge in [0.05, 0.1) is 11.4 Å². The summed E-state index contributed by atoms with van der Waals surface area (Å²) in [6.45, 7) is 5.24. The number of hydrogen-bond donors (Lipinski definition) is 3. The zero-order chi connectivity index (χ0) is 12.8. The molecule has 1 atom stereocenters. The van der Waals surface area contributed by atoms with Gasteiger partial charge in [0.15, 0.2) is 0 Å². The molecule has 0 fully saturated rings. The van der Waals surface area contributed by atoms with Gasteiger partial charge in [0.2, 0.25) is 0 Å². The minimum atomic E-state index is 0.227. The van der Waals surface area contributed by atoms with Crippen LogP contribution in [0.15, 0.2) is 0 Å². The quantitative estimate of drug-likeness (QED) is 0.673. The lowest BCUT2D eigenvalue weighted by Crippen LogP contribution is -2.15. The first-order valence-electron chi connectivity index (χ1n) is 6.26. The number of rotatable bonds is 7. The number of aliphatic hydroxyl groups is 1. The Morgan fingerprint density at radius 1 is 1.53 bits per heavy atom. The third kappa shape index (κ3) is 3.63. The van der Waals surface area contributed by atoms with Gasteiger partial charge in [-0.05, 0) is 18.8 Å². The van der Waals surface area contributed by atoms with Crippen molar-refractivity contribution >= 4 is 11.5 Å². The first-order valence-corrected chi connectivity index (χ1v) is 6.26. The van der Waals surface area contributed by atoms with E-state index < -0.39 is 0 Å². The molecule has 17 heavy (non-hydrogen) atoms. The van der Waals surface area contributed by atoms with Crippen LogP contribution in [0.2, 0.25) is 0 Å². The van der Waals surface area contributed by atoms with Gasteiger partial charge in [-0.25, -0.2) is 0 Å². The van der Waals surface area contributed by atoms with E-state index in [2.05, 4.69) is 24.3 Å². The van der Waals surface area contributed by atoms with Gasteiger partial charge < -0.3 is 16.2 Å².